The third kappa shape index (κ3) is 18.4. The summed E-state index contributed by atoms with van der Waals surface area (Å²) in [5, 5.41) is 0. The van der Waals surface area contributed by atoms with Gasteiger partial charge in [-0.3, -0.25) is 0 Å². The van der Waals surface area contributed by atoms with Gasteiger partial charge in [0.2, 0.25) is 0 Å². The van der Waals surface area contributed by atoms with Gasteiger partial charge in [0.1, 0.15) is 0 Å². The molecule has 60 valence electrons. The van der Waals surface area contributed by atoms with E-state index in [9.17, 15) is 9.13 Å². The van der Waals surface area contributed by atoms with E-state index < -0.39 is 15.6 Å². The summed E-state index contributed by atoms with van der Waals surface area (Å²) in [7, 11) is -10.1. The van der Waals surface area contributed by atoms with Crippen molar-refractivity contribution in [3.63, 3.8) is 0 Å². The van der Waals surface area contributed by atoms with E-state index in [1.54, 1.807) is 0 Å². The summed E-state index contributed by atoms with van der Waals surface area (Å²) in [4.78, 5) is 31.0. The summed E-state index contributed by atoms with van der Waals surface area (Å²) >= 11 is 0. The topological polar surface area (TPSA) is 124 Å². The Kier molecular flexibility index (Phi) is 9.96. The first kappa shape index (κ1) is 18.3. The maximum atomic E-state index is 9.63. The number of hydrogen-bond acceptors (Lipinski definition) is 3. The van der Waals surface area contributed by atoms with Crippen LogP contribution in [0.15, 0.2) is 0 Å². The molecule has 0 aliphatic carbocycles. The first-order valence-electron chi connectivity index (χ1n) is 1.53. The van der Waals surface area contributed by atoms with Crippen LogP contribution in [0.25, 0.3) is 0 Å². The van der Waals surface area contributed by atoms with Crippen molar-refractivity contribution in [1.29, 1.82) is 0 Å². The van der Waals surface area contributed by atoms with Gasteiger partial charge in [0.05, 0.1) is 0 Å². The summed E-state index contributed by atoms with van der Waals surface area (Å²) in [5.41, 5.74) is 0. The third-order valence-corrected chi connectivity index (χ3v) is 1.91. The van der Waals surface area contributed by atoms with E-state index in [2.05, 4.69) is 4.31 Å². The van der Waals surface area contributed by atoms with E-state index in [1.165, 1.54) is 0 Å². The van der Waals surface area contributed by atoms with Crippen LogP contribution in [0, 0.1) is 0 Å². The van der Waals surface area contributed by atoms with Crippen molar-refractivity contribution in [3.8, 4) is 0 Å². The van der Waals surface area contributed by atoms with Crippen molar-refractivity contribution < 1.29 is 33.0 Å². The second kappa shape index (κ2) is 5.99. The molecule has 7 nitrogen and oxygen atoms in total. The Hall–Kier alpha value is 1.45. The van der Waals surface area contributed by atoms with Gasteiger partial charge in [-0.1, -0.05) is 0 Å². The number of rotatable bonds is 2. The Morgan fingerprint density at radius 1 is 0.818 bits per heavy atom. The molecular weight excluding hydrogens is 188 g/mol. The maximum absolute atomic E-state index is 9.63. The quantitative estimate of drug-likeness (QED) is 0.292. The molecule has 0 bridgehead atoms. The SMILES string of the molecule is O=P(O)(O)OP(=O)(O)O.[LiH].[LiH]. The van der Waals surface area contributed by atoms with Crippen LogP contribution in [0.3, 0.4) is 0 Å². The van der Waals surface area contributed by atoms with Crippen molar-refractivity contribution >= 4 is 53.4 Å². The summed E-state index contributed by atoms with van der Waals surface area (Å²) in [5.74, 6) is 0. The Morgan fingerprint density at radius 2 is 1.00 bits per heavy atom. The molecule has 11 heteroatoms. The molecule has 0 aromatic carbocycles. The molecule has 0 radical (unpaired) electrons. The Bertz CT molecular complexity index is 155. The first-order chi connectivity index (χ1) is 3.71. The summed E-state index contributed by atoms with van der Waals surface area (Å²) in [6.07, 6.45) is 0. The molecule has 0 aliphatic heterocycles. The zero-order valence-electron chi connectivity index (χ0n) is 3.91. The molecule has 0 aromatic rings. The van der Waals surface area contributed by atoms with Crippen LogP contribution in [0.5, 0.6) is 0 Å². The Morgan fingerprint density at radius 3 is 1.00 bits per heavy atom. The fourth-order valence-electron chi connectivity index (χ4n) is 0.139. The predicted molar refractivity (Wildman–Crippen MR) is 39.5 cm³/mol. The molecule has 0 unspecified atom stereocenters. The van der Waals surface area contributed by atoms with E-state index in [1.807, 2.05) is 0 Å². The van der Waals surface area contributed by atoms with Gasteiger partial charge in [-0.2, -0.15) is 4.31 Å². The molecule has 4 N–H and O–H groups in total. The van der Waals surface area contributed by atoms with E-state index in [0.29, 0.717) is 0 Å². The van der Waals surface area contributed by atoms with Gasteiger partial charge in [0.25, 0.3) is 0 Å². The average Bonchev–Trinajstić information content (AvgIpc) is 1.14. The van der Waals surface area contributed by atoms with Gasteiger partial charge in [-0.05, 0) is 0 Å². The molecule has 0 amide bonds. The van der Waals surface area contributed by atoms with Crippen LogP contribution in [0.1, 0.15) is 0 Å². The normalized spacial score (nSPS) is 11.3. The third-order valence-electron chi connectivity index (χ3n) is 0.213. The van der Waals surface area contributed by atoms with Crippen LogP contribution in [0.4, 0.5) is 0 Å². The van der Waals surface area contributed by atoms with Gasteiger partial charge >= 0.3 is 53.4 Å². The van der Waals surface area contributed by atoms with Crippen LogP contribution in [0.2, 0.25) is 0 Å². The van der Waals surface area contributed by atoms with Gasteiger partial charge < -0.3 is 19.6 Å². The van der Waals surface area contributed by atoms with E-state index in [-0.39, 0.29) is 37.7 Å². The van der Waals surface area contributed by atoms with Gasteiger partial charge in [0, 0.05) is 0 Å². The fraction of sp³-hybridized carbons (Fsp3) is 0. The standard InChI is InChI=1S/2Li.H4O7P2.2H/c;;1-8(2,3)7-9(4,5)6;;/h;;(H2,1,2,3)(H2,4,5,6);;. The van der Waals surface area contributed by atoms with Crippen molar-refractivity contribution in [2.24, 2.45) is 0 Å². The summed E-state index contributed by atoms with van der Waals surface area (Å²) < 4.78 is 22.2. The van der Waals surface area contributed by atoms with Crippen LogP contribution >= 0.6 is 15.6 Å². The van der Waals surface area contributed by atoms with Crippen molar-refractivity contribution in [3.05, 3.63) is 0 Å². The van der Waals surface area contributed by atoms with Crippen molar-refractivity contribution in [2.75, 3.05) is 0 Å². The molecule has 0 saturated carbocycles. The van der Waals surface area contributed by atoms with Crippen molar-refractivity contribution in [1.82, 2.24) is 0 Å². The second-order valence-electron chi connectivity index (χ2n) is 1.06. The summed E-state index contributed by atoms with van der Waals surface area (Å²) in [6, 6.07) is 0. The summed E-state index contributed by atoms with van der Waals surface area (Å²) in [6.45, 7) is 0. The van der Waals surface area contributed by atoms with Crippen LogP contribution in [-0.2, 0) is 13.4 Å². The molecule has 0 fully saturated rings. The van der Waals surface area contributed by atoms with Gasteiger partial charge in [-0.15, -0.1) is 0 Å². The molecule has 0 aliphatic rings. The molecule has 11 heavy (non-hydrogen) atoms. The first-order valence-corrected chi connectivity index (χ1v) is 4.59. The Labute approximate surface area is 86.4 Å². The van der Waals surface area contributed by atoms with E-state index in [0.717, 1.165) is 0 Å². The molecule has 0 atom stereocenters. The van der Waals surface area contributed by atoms with E-state index >= 15 is 0 Å². The molecule has 0 heterocycles. The molecule has 0 spiro atoms. The molecule has 0 rings (SSSR count). The second-order valence-corrected chi connectivity index (χ2v) is 3.68. The van der Waals surface area contributed by atoms with Gasteiger partial charge in [-0.25, -0.2) is 9.13 Å². The van der Waals surface area contributed by atoms with Crippen LogP contribution < -0.4 is 0 Å². The molecule has 0 aromatic heterocycles. The Balaban J connectivity index is -0.000000320. The van der Waals surface area contributed by atoms with Crippen molar-refractivity contribution in [2.45, 2.75) is 0 Å². The predicted octanol–water partition coefficient (Wildman–Crippen LogP) is -2.11. The van der Waals surface area contributed by atoms with E-state index in [4.69, 9.17) is 19.6 Å². The zero-order chi connectivity index (χ0) is 7.71. The number of phosphoric acid groups is 2. The minimum absolute atomic E-state index is 0. The van der Waals surface area contributed by atoms with Gasteiger partial charge in [0.15, 0.2) is 0 Å². The number of hydrogen-bond donors (Lipinski definition) is 4. The zero-order valence-corrected chi connectivity index (χ0v) is 5.70. The van der Waals surface area contributed by atoms with Crippen LogP contribution in [-0.4, -0.2) is 57.3 Å². The average molecular weight is 194 g/mol. The molecule has 0 saturated heterocycles. The minimum atomic E-state index is -5.05. The fourth-order valence-corrected chi connectivity index (χ4v) is 1.25. The monoisotopic (exact) mass is 194 g/mol. The molecular formula is H6Li2O7P2.